The van der Waals surface area contributed by atoms with E-state index in [0.29, 0.717) is 6.42 Å². The van der Waals surface area contributed by atoms with Crippen LogP contribution in [0.25, 0.3) is 0 Å². The van der Waals surface area contributed by atoms with Gasteiger partial charge >= 0.3 is 113 Å². The van der Waals surface area contributed by atoms with Gasteiger partial charge in [0.1, 0.15) is 0 Å². The number of hydrogen-bond donors (Lipinski definition) is 1. The molecule has 23 heavy (non-hydrogen) atoms. The molecule has 140 valence electrons. The van der Waals surface area contributed by atoms with Crippen LogP contribution < -0.4 is 0 Å². The Hall–Kier alpha value is 0.0525. The minimum atomic E-state index is -5.07. The van der Waals surface area contributed by atoms with Crippen LogP contribution in [0, 0.1) is 0 Å². The van der Waals surface area contributed by atoms with E-state index in [9.17, 15) is 7.61 Å². The van der Waals surface area contributed by atoms with E-state index in [0.717, 1.165) is 12.8 Å². The van der Waals surface area contributed by atoms with Crippen LogP contribution in [0.5, 0.6) is 0 Å². The fourth-order valence-corrected chi connectivity index (χ4v) is 3.92. The quantitative estimate of drug-likeness (QED) is 0.342. The first kappa shape index (κ1) is 23.1. The molecule has 0 bridgehead atoms. The Kier molecular flexibility index (Phi) is 13.4. The van der Waals surface area contributed by atoms with E-state index in [4.69, 9.17) is 7.95 Å². The van der Waals surface area contributed by atoms with Crippen molar-refractivity contribution in [3.05, 3.63) is 0 Å². The van der Waals surface area contributed by atoms with E-state index in [1.165, 1.54) is 70.6 Å². The fraction of sp³-hybridized carbons (Fsp3) is 1.00. The van der Waals surface area contributed by atoms with Crippen LogP contribution in [-0.4, -0.2) is 9.76 Å². The van der Waals surface area contributed by atoms with Crippen molar-refractivity contribution in [2.24, 2.45) is 0 Å². The summed E-state index contributed by atoms with van der Waals surface area (Å²) in [7, 11) is 0. The molecule has 0 aromatic carbocycles. The number of unbranched alkanes of at least 4 members (excludes halogenated alkanes) is 12. The first-order chi connectivity index (χ1) is 10.8. The van der Waals surface area contributed by atoms with Gasteiger partial charge in [-0.05, 0) is 0 Å². The van der Waals surface area contributed by atoms with Gasteiger partial charge in [-0.2, -0.15) is 0 Å². The first-order valence-corrected chi connectivity index (χ1v) is 11.6. The summed E-state index contributed by atoms with van der Waals surface area (Å²) >= 11 is -5.07. The van der Waals surface area contributed by atoms with Crippen molar-refractivity contribution in [1.29, 1.82) is 0 Å². The first-order valence-electron chi connectivity index (χ1n) is 9.45. The fourth-order valence-electron chi connectivity index (χ4n) is 2.90. The SMILES string of the molecule is CCCCCCCCCCCCCCCC(C)(C)[O][Cr](=[O])(=[O])[OH]. The molecule has 0 rings (SSSR count). The molecule has 0 aliphatic heterocycles. The van der Waals surface area contributed by atoms with E-state index in [-0.39, 0.29) is 0 Å². The zero-order valence-corrected chi connectivity index (χ0v) is 16.8. The van der Waals surface area contributed by atoms with Gasteiger partial charge < -0.3 is 0 Å². The number of rotatable bonds is 16. The van der Waals surface area contributed by atoms with E-state index in [1.54, 1.807) is 13.8 Å². The Labute approximate surface area is 145 Å². The molecule has 0 aliphatic carbocycles. The van der Waals surface area contributed by atoms with E-state index in [1.807, 2.05) is 0 Å². The Bertz CT molecular complexity index is 363. The third-order valence-electron chi connectivity index (χ3n) is 4.21. The summed E-state index contributed by atoms with van der Waals surface area (Å²) in [5.74, 6) is 0. The molecule has 0 amide bonds. The normalized spacial score (nSPS) is 12.7. The van der Waals surface area contributed by atoms with Crippen molar-refractivity contribution < 1.29 is 29.2 Å². The van der Waals surface area contributed by atoms with Crippen LogP contribution in [0.1, 0.15) is 111 Å². The molecule has 0 aromatic rings. The average Bonchev–Trinajstić information content (AvgIpc) is 2.41. The molecular formula is C18H38CrO4. The minimum absolute atomic E-state index is 0.662. The van der Waals surface area contributed by atoms with Crippen molar-refractivity contribution >= 4 is 0 Å². The molecule has 0 heterocycles. The molecule has 0 saturated carbocycles. The van der Waals surface area contributed by atoms with Crippen molar-refractivity contribution in [2.45, 2.75) is 116 Å². The molecule has 0 unspecified atom stereocenters. The summed E-state index contributed by atoms with van der Waals surface area (Å²) in [6.45, 7) is 5.68. The third-order valence-corrected chi connectivity index (χ3v) is 5.25. The molecule has 4 nitrogen and oxygen atoms in total. The summed E-state index contributed by atoms with van der Waals surface area (Å²) in [6.07, 6.45) is 17.5. The second-order valence-electron chi connectivity index (χ2n) is 7.26. The molecule has 0 radical (unpaired) electrons. The zero-order valence-electron chi connectivity index (χ0n) is 15.5. The van der Waals surface area contributed by atoms with E-state index in [2.05, 4.69) is 6.92 Å². The predicted molar refractivity (Wildman–Crippen MR) is 89.1 cm³/mol. The van der Waals surface area contributed by atoms with Crippen LogP contribution in [0.15, 0.2) is 0 Å². The summed E-state index contributed by atoms with van der Waals surface area (Å²) in [4.78, 5) is 0. The topological polar surface area (TPSA) is 63.6 Å². The van der Waals surface area contributed by atoms with Crippen LogP contribution in [0.2, 0.25) is 0 Å². The Morgan fingerprint density at radius 1 is 0.739 bits per heavy atom. The number of hydrogen-bond acceptors (Lipinski definition) is 3. The van der Waals surface area contributed by atoms with Gasteiger partial charge in [0, 0.05) is 0 Å². The molecule has 0 aliphatic rings. The average molecular weight is 370 g/mol. The van der Waals surface area contributed by atoms with Gasteiger partial charge in [0.15, 0.2) is 0 Å². The zero-order chi connectivity index (χ0) is 17.6. The van der Waals surface area contributed by atoms with Crippen LogP contribution in [0.3, 0.4) is 0 Å². The van der Waals surface area contributed by atoms with Crippen LogP contribution in [0.4, 0.5) is 0 Å². The molecule has 0 saturated heterocycles. The molecule has 1 N–H and O–H groups in total. The molecule has 0 aromatic heterocycles. The summed E-state index contributed by atoms with van der Waals surface area (Å²) in [5.41, 5.74) is -0.782. The van der Waals surface area contributed by atoms with Crippen molar-refractivity contribution in [3.63, 3.8) is 0 Å². The second kappa shape index (κ2) is 13.4. The van der Waals surface area contributed by atoms with Crippen LogP contribution in [-0.2, 0) is 25.0 Å². The molecule has 0 atom stereocenters. The standard InChI is InChI=1S/C18H37O.Cr.H2O.2O/c1-4-5-6-7-8-9-10-11-12-13-14-15-16-17-18(2,3)19;;;;/h4-17H2,1-3H3;;1H2;;/q-1;+2;;;/p-1. The van der Waals surface area contributed by atoms with Gasteiger partial charge in [-0.15, -0.1) is 0 Å². The Morgan fingerprint density at radius 3 is 1.43 bits per heavy atom. The van der Waals surface area contributed by atoms with Crippen LogP contribution >= 0.6 is 0 Å². The maximum atomic E-state index is 10.8. The maximum absolute atomic E-state index is 10.8. The molecule has 5 heteroatoms. The van der Waals surface area contributed by atoms with Crippen molar-refractivity contribution in [1.82, 2.24) is 0 Å². The summed E-state index contributed by atoms with van der Waals surface area (Å²) in [6, 6.07) is 0. The summed E-state index contributed by atoms with van der Waals surface area (Å²) in [5, 5.41) is 0. The van der Waals surface area contributed by atoms with Crippen molar-refractivity contribution in [3.8, 4) is 0 Å². The summed E-state index contributed by atoms with van der Waals surface area (Å²) < 4.78 is 35.1. The molecule has 0 spiro atoms. The third kappa shape index (κ3) is 18.2. The van der Waals surface area contributed by atoms with Gasteiger partial charge in [-0.1, -0.05) is 32.6 Å². The van der Waals surface area contributed by atoms with Gasteiger partial charge in [0.2, 0.25) is 0 Å². The van der Waals surface area contributed by atoms with E-state index < -0.39 is 19.2 Å². The molecule has 0 fully saturated rings. The van der Waals surface area contributed by atoms with Crippen molar-refractivity contribution in [2.75, 3.05) is 0 Å². The van der Waals surface area contributed by atoms with E-state index >= 15 is 0 Å². The Morgan fingerprint density at radius 2 is 1.09 bits per heavy atom. The predicted octanol–water partition coefficient (Wildman–Crippen LogP) is 5.93. The monoisotopic (exact) mass is 370 g/mol. The van der Waals surface area contributed by atoms with Gasteiger partial charge in [-0.3, -0.25) is 0 Å². The second-order valence-corrected chi connectivity index (χ2v) is 8.86. The van der Waals surface area contributed by atoms with Gasteiger partial charge in [0.05, 0.1) is 0 Å². The Balaban J connectivity index is 3.33. The molecular weight excluding hydrogens is 332 g/mol. The van der Waals surface area contributed by atoms with Gasteiger partial charge in [-0.25, -0.2) is 0 Å². The van der Waals surface area contributed by atoms with Gasteiger partial charge in [0.25, 0.3) is 0 Å².